The van der Waals surface area contributed by atoms with Crippen LogP contribution < -0.4 is 0 Å². The summed E-state index contributed by atoms with van der Waals surface area (Å²) in [5.74, 6) is 0.601. The molecule has 1 nitrogen and oxygen atoms in total. The van der Waals surface area contributed by atoms with Crippen LogP contribution in [-0.4, -0.2) is 4.57 Å². The van der Waals surface area contributed by atoms with Crippen LogP contribution in [-0.2, 0) is 6.54 Å². The molecule has 3 rings (SSSR count). The predicted octanol–water partition coefficient (Wildman–Crippen LogP) is 3.95. The Balaban J connectivity index is 2.13. The normalized spacial score (nSPS) is 18.4. The minimum Gasteiger partial charge on any atom is -0.348 e. The van der Waals surface area contributed by atoms with Gasteiger partial charge in [-0.1, -0.05) is 30.3 Å². The minimum atomic E-state index is 0.601. The Hall–Kier alpha value is -1.50. The second-order valence-corrected chi connectivity index (χ2v) is 5.12. The number of hydrogen-bond acceptors (Lipinski definition) is 0. The van der Waals surface area contributed by atoms with Crippen molar-refractivity contribution in [2.45, 2.75) is 39.7 Å². The highest BCUT2D eigenvalue weighted by molar-refractivity contribution is 5.44. The summed E-state index contributed by atoms with van der Waals surface area (Å²) in [5.41, 5.74) is 7.43. The van der Waals surface area contributed by atoms with Crippen molar-refractivity contribution in [2.75, 3.05) is 0 Å². The van der Waals surface area contributed by atoms with E-state index in [2.05, 4.69) is 55.7 Å². The first-order valence-electron chi connectivity index (χ1n) is 6.41. The topological polar surface area (TPSA) is 4.93 Å². The minimum absolute atomic E-state index is 0.601. The molecule has 2 heterocycles. The summed E-state index contributed by atoms with van der Waals surface area (Å²) < 4.78 is 2.52. The molecule has 2 aromatic rings. The van der Waals surface area contributed by atoms with Crippen molar-refractivity contribution in [2.24, 2.45) is 0 Å². The molecule has 1 unspecified atom stereocenters. The SMILES string of the molecule is Cc1c(C)c2n(c1C)CCC2c1ccccc1. The molecule has 0 spiro atoms. The lowest BCUT2D eigenvalue weighted by atomic mass is 9.92. The van der Waals surface area contributed by atoms with E-state index in [1.807, 2.05) is 0 Å². The lowest BCUT2D eigenvalue weighted by molar-refractivity contribution is 0.705. The Bertz CT molecular complexity index is 549. The molecule has 0 saturated heterocycles. The van der Waals surface area contributed by atoms with Gasteiger partial charge in [0.15, 0.2) is 0 Å². The maximum absolute atomic E-state index is 2.52. The van der Waals surface area contributed by atoms with Gasteiger partial charge in [0.25, 0.3) is 0 Å². The summed E-state index contributed by atoms with van der Waals surface area (Å²) in [4.78, 5) is 0. The number of benzene rings is 1. The Labute approximate surface area is 103 Å². The molecular weight excluding hydrogens is 206 g/mol. The third kappa shape index (κ3) is 1.45. The lowest BCUT2D eigenvalue weighted by Gasteiger charge is -2.11. The molecule has 1 atom stereocenters. The van der Waals surface area contributed by atoms with Gasteiger partial charge in [0, 0.05) is 23.9 Å². The fraction of sp³-hybridized carbons (Fsp3) is 0.375. The average molecular weight is 225 g/mol. The molecule has 17 heavy (non-hydrogen) atoms. The Kier molecular flexibility index (Phi) is 2.36. The molecule has 0 aliphatic carbocycles. The fourth-order valence-corrected chi connectivity index (χ4v) is 3.19. The van der Waals surface area contributed by atoms with Crippen LogP contribution in [0, 0.1) is 20.8 Å². The zero-order valence-corrected chi connectivity index (χ0v) is 10.8. The summed E-state index contributed by atoms with van der Waals surface area (Å²) in [5, 5.41) is 0. The molecule has 1 aromatic heterocycles. The van der Waals surface area contributed by atoms with E-state index in [1.165, 1.54) is 35.3 Å². The number of hydrogen-bond donors (Lipinski definition) is 0. The quantitative estimate of drug-likeness (QED) is 0.692. The van der Waals surface area contributed by atoms with E-state index < -0.39 is 0 Å². The monoisotopic (exact) mass is 225 g/mol. The third-order valence-corrected chi connectivity index (χ3v) is 4.36. The maximum Gasteiger partial charge on any atom is 0.0285 e. The molecule has 0 amide bonds. The standard InChI is InChI=1S/C16H19N/c1-11-12(2)16-15(9-10-17(16)13(11)3)14-7-5-4-6-8-14/h4-8,15H,9-10H2,1-3H3. The molecule has 1 aromatic carbocycles. The predicted molar refractivity (Wildman–Crippen MR) is 71.5 cm³/mol. The van der Waals surface area contributed by atoms with E-state index >= 15 is 0 Å². The summed E-state index contributed by atoms with van der Waals surface area (Å²) in [6.45, 7) is 7.95. The third-order valence-electron chi connectivity index (χ3n) is 4.36. The molecule has 1 aliphatic heterocycles. The Morgan fingerprint density at radius 2 is 1.71 bits per heavy atom. The number of fused-ring (bicyclic) bond motifs is 1. The zero-order chi connectivity index (χ0) is 12.0. The van der Waals surface area contributed by atoms with Crippen LogP contribution in [0.1, 0.15) is 40.4 Å². The number of nitrogens with zero attached hydrogens (tertiary/aromatic N) is 1. The van der Waals surface area contributed by atoms with Crippen molar-refractivity contribution < 1.29 is 0 Å². The van der Waals surface area contributed by atoms with Crippen LogP contribution in [0.3, 0.4) is 0 Å². The summed E-state index contributed by atoms with van der Waals surface area (Å²) in [7, 11) is 0. The van der Waals surface area contributed by atoms with E-state index in [1.54, 1.807) is 5.69 Å². The van der Waals surface area contributed by atoms with E-state index in [-0.39, 0.29) is 0 Å². The van der Waals surface area contributed by atoms with Gasteiger partial charge < -0.3 is 4.57 Å². The van der Waals surface area contributed by atoms with Crippen molar-refractivity contribution in [3.8, 4) is 0 Å². The van der Waals surface area contributed by atoms with E-state index in [4.69, 9.17) is 0 Å². The van der Waals surface area contributed by atoms with Crippen LogP contribution in [0.2, 0.25) is 0 Å². The molecule has 0 bridgehead atoms. The van der Waals surface area contributed by atoms with E-state index in [0.717, 1.165) is 0 Å². The van der Waals surface area contributed by atoms with Crippen molar-refractivity contribution in [1.29, 1.82) is 0 Å². The molecule has 1 aliphatic rings. The van der Waals surface area contributed by atoms with Crippen LogP contribution >= 0.6 is 0 Å². The molecule has 0 radical (unpaired) electrons. The van der Waals surface area contributed by atoms with Crippen LogP contribution in [0.4, 0.5) is 0 Å². The first-order chi connectivity index (χ1) is 8.20. The van der Waals surface area contributed by atoms with Crippen LogP contribution in [0.15, 0.2) is 30.3 Å². The Morgan fingerprint density at radius 3 is 2.41 bits per heavy atom. The summed E-state index contributed by atoms with van der Waals surface area (Å²) in [6, 6.07) is 10.9. The second-order valence-electron chi connectivity index (χ2n) is 5.12. The molecule has 1 heteroatoms. The lowest BCUT2D eigenvalue weighted by Crippen LogP contribution is -1.98. The highest BCUT2D eigenvalue weighted by Gasteiger charge is 2.28. The van der Waals surface area contributed by atoms with Crippen molar-refractivity contribution >= 4 is 0 Å². The highest BCUT2D eigenvalue weighted by atomic mass is 15.0. The average Bonchev–Trinajstić information content (AvgIpc) is 2.88. The van der Waals surface area contributed by atoms with Gasteiger partial charge in [-0.25, -0.2) is 0 Å². The smallest absolute Gasteiger partial charge is 0.0285 e. The van der Waals surface area contributed by atoms with Gasteiger partial charge in [0.2, 0.25) is 0 Å². The largest absolute Gasteiger partial charge is 0.348 e. The molecule has 88 valence electrons. The van der Waals surface area contributed by atoms with Gasteiger partial charge in [-0.2, -0.15) is 0 Å². The van der Waals surface area contributed by atoms with Gasteiger partial charge in [-0.05, 0) is 43.9 Å². The van der Waals surface area contributed by atoms with Gasteiger partial charge in [0.1, 0.15) is 0 Å². The van der Waals surface area contributed by atoms with Crippen molar-refractivity contribution in [3.05, 3.63) is 58.4 Å². The molecule has 0 saturated carbocycles. The first-order valence-corrected chi connectivity index (χ1v) is 6.41. The van der Waals surface area contributed by atoms with Crippen molar-refractivity contribution in [1.82, 2.24) is 4.57 Å². The highest BCUT2D eigenvalue weighted by Crippen LogP contribution is 2.39. The summed E-state index contributed by atoms with van der Waals surface area (Å²) >= 11 is 0. The van der Waals surface area contributed by atoms with Gasteiger partial charge in [0.05, 0.1) is 0 Å². The van der Waals surface area contributed by atoms with Crippen LogP contribution in [0.25, 0.3) is 0 Å². The fourth-order valence-electron chi connectivity index (χ4n) is 3.19. The van der Waals surface area contributed by atoms with Gasteiger partial charge in [-0.3, -0.25) is 0 Å². The van der Waals surface area contributed by atoms with E-state index in [0.29, 0.717) is 5.92 Å². The van der Waals surface area contributed by atoms with Gasteiger partial charge in [-0.15, -0.1) is 0 Å². The number of aromatic nitrogens is 1. The first kappa shape index (κ1) is 10.6. The van der Waals surface area contributed by atoms with E-state index in [9.17, 15) is 0 Å². The molecule has 0 N–H and O–H groups in total. The van der Waals surface area contributed by atoms with Gasteiger partial charge >= 0.3 is 0 Å². The molecule has 0 fully saturated rings. The zero-order valence-electron chi connectivity index (χ0n) is 10.8. The Morgan fingerprint density at radius 1 is 1.00 bits per heavy atom. The van der Waals surface area contributed by atoms with Crippen LogP contribution in [0.5, 0.6) is 0 Å². The molecular formula is C16H19N. The van der Waals surface area contributed by atoms with Crippen molar-refractivity contribution in [3.63, 3.8) is 0 Å². The number of rotatable bonds is 1. The maximum atomic E-state index is 2.52. The summed E-state index contributed by atoms with van der Waals surface area (Å²) in [6.07, 6.45) is 1.25. The second kappa shape index (κ2) is 3.76.